The van der Waals surface area contributed by atoms with Gasteiger partial charge < -0.3 is 20.9 Å². The second kappa shape index (κ2) is 7.28. The van der Waals surface area contributed by atoms with Crippen molar-refractivity contribution in [3.05, 3.63) is 12.2 Å². The predicted molar refractivity (Wildman–Crippen MR) is 77.0 cm³/mol. The van der Waals surface area contributed by atoms with Crippen LogP contribution in [0, 0.1) is 5.41 Å². The van der Waals surface area contributed by atoms with Crippen LogP contribution in [0.15, 0.2) is 12.2 Å². The Kier molecular flexibility index (Phi) is 6.72. The number of aliphatic hydroxyl groups is 1. The fourth-order valence-corrected chi connectivity index (χ4v) is 1.66. The van der Waals surface area contributed by atoms with Crippen LogP contribution in [-0.4, -0.2) is 35.4 Å². The maximum Gasteiger partial charge on any atom is 0.408 e. The van der Waals surface area contributed by atoms with Crippen molar-refractivity contribution in [3.8, 4) is 0 Å². The van der Waals surface area contributed by atoms with Gasteiger partial charge in [-0.15, -0.1) is 0 Å². The lowest BCUT2D eigenvalue weighted by molar-refractivity contribution is -0.124. The number of alkyl carbamates (subject to hydrolysis) is 1. The van der Waals surface area contributed by atoms with Gasteiger partial charge in [0.2, 0.25) is 5.91 Å². The molecule has 1 aliphatic carbocycles. The summed E-state index contributed by atoms with van der Waals surface area (Å²) in [5.41, 5.74) is 4.08. The van der Waals surface area contributed by atoms with Gasteiger partial charge in [-0.25, -0.2) is 4.79 Å². The summed E-state index contributed by atoms with van der Waals surface area (Å²) in [5.74, 6) is -0.387. The Bertz CT molecular complexity index is 374. The normalized spacial score (nSPS) is 24.6. The lowest BCUT2D eigenvalue weighted by Gasteiger charge is -2.23. The van der Waals surface area contributed by atoms with Gasteiger partial charge in [-0.3, -0.25) is 4.79 Å². The fourth-order valence-electron chi connectivity index (χ4n) is 1.66. The number of carbonyl (C=O) groups excluding carboxylic acids is 2. The first kappa shape index (κ1) is 18.4. The van der Waals surface area contributed by atoms with Crippen LogP contribution in [-0.2, 0) is 9.53 Å². The third kappa shape index (κ3) is 6.56. The third-order valence-corrected chi connectivity index (χ3v) is 2.61. The van der Waals surface area contributed by atoms with Crippen LogP contribution >= 0.6 is 0 Å². The zero-order valence-electron chi connectivity index (χ0n) is 12.9. The van der Waals surface area contributed by atoms with E-state index in [1.807, 2.05) is 0 Å². The van der Waals surface area contributed by atoms with E-state index in [9.17, 15) is 9.59 Å². The van der Waals surface area contributed by atoms with E-state index in [4.69, 9.17) is 15.6 Å². The van der Waals surface area contributed by atoms with Crippen LogP contribution in [0.2, 0.25) is 0 Å². The number of amides is 2. The number of ether oxygens (including phenoxy) is 1. The lowest BCUT2D eigenvalue weighted by atomic mass is 9.89. The van der Waals surface area contributed by atoms with Gasteiger partial charge >= 0.3 is 6.09 Å². The molecule has 0 radical (unpaired) electrons. The second-order valence-corrected chi connectivity index (χ2v) is 5.91. The minimum absolute atomic E-state index is 0.206. The lowest BCUT2D eigenvalue weighted by Crippen LogP contribution is -2.40. The van der Waals surface area contributed by atoms with E-state index in [1.165, 1.54) is 0 Å². The van der Waals surface area contributed by atoms with Crippen molar-refractivity contribution in [3.63, 3.8) is 0 Å². The highest BCUT2D eigenvalue weighted by Crippen LogP contribution is 2.31. The maximum atomic E-state index is 11.5. The Morgan fingerprint density at radius 3 is 2.35 bits per heavy atom. The molecule has 6 nitrogen and oxygen atoms in total. The van der Waals surface area contributed by atoms with Crippen molar-refractivity contribution in [1.82, 2.24) is 5.32 Å². The van der Waals surface area contributed by atoms with Crippen LogP contribution in [0.1, 0.15) is 41.0 Å². The largest absolute Gasteiger partial charge is 0.444 e. The summed E-state index contributed by atoms with van der Waals surface area (Å²) in [7, 11) is 0. The predicted octanol–water partition coefficient (Wildman–Crippen LogP) is 1.33. The summed E-state index contributed by atoms with van der Waals surface area (Å²) in [5, 5.41) is 10.3. The molecule has 1 aliphatic rings. The molecule has 0 aliphatic heterocycles. The van der Waals surface area contributed by atoms with Crippen molar-refractivity contribution in [2.75, 3.05) is 6.61 Å². The average Bonchev–Trinajstić information content (AvgIpc) is 2.59. The van der Waals surface area contributed by atoms with Gasteiger partial charge in [0.15, 0.2) is 0 Å². The van der Waals surface area contributed by atoms with Crippen LogP contribution < -0.4 is 11.1 Å². The summed E-state index contributed by atoms with van der Waals surface area (Å²) in [4.78, 5) is 22.7. The molecule has 2 amide bonds. The molecule has 1 rings (SSSR count). The third-order valence-electron chi connectivity index (χ3n) is 2.61. The Balaban J connectivity index is 0.00000110. The quantitative estimate of drug-likeness (QED) is 0.666. The number of rotatable bonds is 2. The van der Waals surface area contributed by atoms with E-state index in [0.29, 0.717) is 6.42 Å². The minimum atomic E-state index is -0.681. The Labute approximate surface area is 120 Å². The minimum Gasteiger partial charge on any atom is -0.444 e. The first-order chi connectivity index (χ1) is 9.04. The Hall–Kier alpha value is -1.56. The van der Waals surface area contributed by atoms with Gasteiger partial charge in [0.25, 0.3) is 0 Å². The van der Waals surface area contributed by atoms with Crippen molar-refractivity contribution in [1.29, 1.82) is 0 Å². The number of aliphatic hydroxyl groups excluding tert-OH is 1. The molecule has 6 heteroatoms. The topological polar surface area (TPSA) is 102 Å². The molecule has 0 saturated carbocycles. The Morgan fingerprint density at radius 1 is 1.50 bits per heavy atom. The van der Waals surface area contributed by atoms with E-state index in [-0.39, 0.29) is 18.6 Å². The van der Waals surface area contributed by atoms with Crippen LogP contribution in [0.25, 0.3) is 0 Å². The van der Waals surface area contributed by atoms with E-state index in [2.05, 4.69) is 5.32 Å². The molecule has 2 atom stereocenters. The van der Waals surface area contributed by atoms with Gasteiger partial charge in [0, 0.05) is 6.61 Å². The van der Waals surface area contributed by atoms with E-state index < -0.39 is 17.1 Å². The van der Waals surface area contributed by atoms with Gasteiger partial charge in [-0.05, 0) is 41.0 Å². The average molecular weight is 286 g/mol. The molecule has 0 aromatic rings. The molecular formula is C14H26N2O4. The number of primary amides is 1. The van der Waals surface area contributed by atoms with E-state index in [1.54, 1.807) is 46.8 Å². The molecule has 0 aromatic heterocycles. The van der Waals surface area contributed by atoms with Crippen molar-refractivity contribution >= 4 is 12.0 Å². The molecule has 4 N–H and O–H groups in total. The molecule has 0 aromatic carbocycles. The van der Waals surface area contributed by atoms with Gasteiger partial charge in [0.05, 0.1) is 11.5 Å². The summed E-state index contributed by atoms with van der Waals surface area (Å²) < 4.78 is 5.13. The highest BCUT2D eigenvalue weighted by Gasteiger charge is 2.36. The number of nitrogens with one attached hydrogen (secondary N) is 1. The van der Waals surface area contributed by atoms with Gasteiger partial charge in [-0.2, -0.15) is 0 Å². The number of nitrogens with two attached hydrogens (primary N) is 1. The zero-order valence-corrected chi connectivity index (χ0v) is 12.9. The summed E-state index contributed by atoms with van der Waals surface area (Å²) in [6.45, 7) is 9.07. The Morgan fingerprint density at radius 2 is 2.00 bits per heavy atom. The van der Waals surface area contributed by atoms with Gasteiger partial charge in [0.1, 0.15) is 5.60 Å². The molecule has 1 unspecified atom stereocenters. The van der Waals surface area contributed by atoms with E-state index >= 15 is 0 Å². The number of hydrogen-bond donors (Lipinski definition) is 3. The molecule has 0 fully saturated rings. The molecule has 0 spiro atoms. The van der Waals surface area contributed by atoms with Crippen LogP contribution in [0.5, 0.6) is 0 Å². The number of hydrogen-bond acceptors (Lipinski definition) is 4. The van der Waals surface area contributed by atoms with Crippen LogP contribution in [0.3, 0.4) is 0 Å². The highest BCUT2D eigenvalue weighted by atomic mass is 16.6. The van der Waals surface area contributed by atoms with Crippen molar-refractivity contribution in [2.24, 2.45) is 11.1 Å². The van der Waals surface area contributed by atoms with Crippen LogP contribution in [0.4, 0.5) is 4.79 Å². The summed E-state index contributed by atoms with van der Waals surface area (Å²) in [6.07, 6.45) is 3.49. The molecule has 116 valence electrons. The summed E-state index contributed by atoms with van der Waals surface area (Å²) >= 11 is 0. The molecule has 0 bridgehead atoms. The fraction of sp³-hybridized carbons (Fsp3) is 0.714. The smallest absolute Gasteiger partial charge is 0.408 e. The molecule has 20 heavy (non-hydrogen) atoms. The number of carbonyl (C=O) groups is 2. The highest BCUT2D eigenvalue weighted by molar-refractivity contribution is 5.83. The molecular weight excluding hydrogens is 260 g/mol. The standard InChI is InChI=1S/C12H20N2O3.C2H6O/c1-11(2,3)17-10(16)14-8-5-6-12(4,7-8)9(13)15;1-2-3/h5-6,8H,7H2,1-4H3,(H2,13,15)(H,14,16);3H,2H2,1H3/t8?,12-;/m0./s1. The second-order valence-electron chi connectivity index (χ2n) is 5.91. The first-order valence-corrected chi connectivity index (χ1v) is 6.63. The monoisotopic (exact) mass is 286 g/mol. The van der Waals surface area contributed by atoms with Gasteiger partial charge in [-0.1, -0.05) is 12.2 Å². The molecule has 0 heterocycles. The van der Waals surface area contributed by atoms with Crippen molar-refractivity contribution < 1.29 is 19.4 Å². The maximum absolute atomic E-state index is 11.5. The SMILES string of the molecule is CC(C)(C)OC(=O)NC1C=C[C@](C)(C(N)=O)C1.CCO. The zero-order chi connectivity index (χ0) is 16.0. The first-order valence-electron chi connectivity index (χ1n) is 6.63. The van der Waals surface area contributed by atoms with Crippen molar-refractivity contribution in [2.45, 2.75) is 52.7 Å². The summed E-state index contributed by atoms with van der Waals surface area (Å²) in [6, 6.07) is -0.206. The molecule has 0 saturated heterocycles. The van der Waals surface area contributed by atoms with E-state index in [0.717, 1.165) is 0 Å².